The van der Waals surface area contributed by atoms with Crippen molar-refractivity contribution in [3.63, 3.8) is 0 Å². The quantitative estimate of drug-likeness (QED) is 0.660. The number of nitrogens with two attached hydrogens (primary N) is 1. The number of methoxy groups -OCH3 is 1. The number of ether oxygens (including phenoxy) is 1. The van der Waals surface area contributed by atoms with Crippen LogP contribution in [0.4, 0.5) is 8.78 Å². The number of hydrogen-bond acceptors (Lipinski definition) is 4. The minimum atomic E-state index is -2.69. The molecule has 0 aliphatic heterocycles. The third-order valence-corrected chi connectivity index (χ3v) is 3.42. The molecule has 0 aliphatic carbocycles. The number of hydrogen-bond donors (Lipinski definition) is 1. The van der Waals surface area contributed by atoms with Crippen LogP contribution < -0.4 is 5.73 Å². The highest BCUT2D eigenvalue weighted by Gasteiger charge is 2.17. The maximum Gasteiger partial charge on any atom is 0.310 e. The van der Waals surface area contributed by atoms with Crippen LogP contribution in [0.5, 0.6) is 0 Å². The van der Waals surface area contributed by atoms with Gasteiger partial charge in [0.2, 0.25) is 0 Å². The van der Waals surface area contributed by atoms with Crippen LogP contribution in [-0.4, -0.2) is 18.1 Å². The van der Waals surface area contributed by atoms with Gasteiger partial charge in [-0.15, -0.1) is 0 Å². The Bertz CT molecular complexity index is 427. The molecule has 0 unspecified atom stereocenters. The van der Waals surface area contributed by atoms with Gasteiger partial charge in [-0.25, -0.2) is 13.8 Å². The zero-order valence-corrected chi connectivity index (χ0v) is 11.2. The van der Waals surface area contributed by atoms with E-state index in [0.29, 0.717) is 14.8 Å². The van der Waals surface area contributed by atoms with E-state index in [4.69, 9.17) is 5.73 Å². The average molecular weight is 356 g/mol. The molecule has 0 atom stereocenters. The number of esters is 1. The summed E-state index contributed by atoms with van der Waals surface area (Å²) in [7, 11) is 1.24. The molecule has 0 saturated carbocycles. The monoisotopic (exact) mass is 356 g/mol. The Hall–Kier alpha value is -0.830. The summed E-state index contributed by atoms with van der Waals surface area (Å²) in [6.45, 7) is 0.0486. The second kappa shape index (κ2) is 6.20. The van der Waals surface area contributed by atoms with Gasteiger partial charge in [-0.05, 0) is 34.2 Å². The van der Waals surface area contributed by atoms with Gasteiger partial charge in [0.1, 0.15) is 5.69 Å². The number of alkyl halides is 2. The van der Waals surface area contributed by atoms with E-state index in [1.807, 2.05) is 22.6 Å². The maximum absolute atomic E-state index is 12.6. The molecule has 0 radical (unpaired) electrons. The van der Waals surface area contributed by atoms with E-state index in [9.17, 15) is 13.6 Å². The van der Waals surface area contributed by atoms with Crippen LogP contribution in [0.15, 0.2) is 6.07 Å². The summed E-state index contributed by atoms with van der Waals surface area (Å²) >= 11 is 1.94. The largest absolute Gasteiger partial charge is 0.469 e. The normalized spacial score (nSPS) is 10.7. The first-order valence-corrected chi connectivity index (χ1v) is 5.80. The second-order valence-corrected chi connectivity index (χ2v) is 4.30. The molecule has 0 aliphatic rings. The first kappa shape index (κ1) is 14.2. The second-order valence-electron chi connectivity index (χ2n) is 3.22. The Balaban J connectivity index is 3.17. The molecule has 1 aromatic rings. The van der Waals surface area contributed by atoms with Gasteiger partial charge in [0.15, 0.2) is 0 Å². The molecular weight excluding hydrogens is 345 g/mol. The summed E-state index contributed by atoms with van der Waals surface area (Å²) in [5.41, 5.74) is 5.88. The Labute approximate surface area is 111 Å². The van der Waals surface area contributed by atoms with Gasteiger partial charge in [0.05, 0.1) is 19.2 Å². The third kappa shape index (κ3) is 3.56. The van der Waals surface area contributed by atoms with Gasteiger partial charge in [-0.3, -0.25) is 4.79 Å². The van der Waals surface area contributed by atoms with Crippen molar-refractivity contribution in [1.82, 2.24) is 4.98 Å². The smallest absolute Gasteiger partial charge is 0.310 e. The molecule has 1 rings (SSSR count). The topological polar surface area (TPSA) is 65.2 Å². The Morgan fingerprint density at radius 1 is 1.65 bits per heavy atom. The molecule has 0 saturated heterocycles. The molecule has 0 aromatic carbocycles. The zero-order valence-electron chi connectivity index (χ0n) is 9.04. The van der Waals surface area contributed by atoms with Crippen LogP contribution >= 0.6 is 22.6 Å². The summed E-state index contributed by atoms with van der Waals surface area (Å²) in [4.78, 5) is 14.9. The Morgan fingerprint density at radius 3 is 2.76 bits per heavy atom. The van der Waals surface area contributed by atoms with Crippen molar-refractivity contribution in [2.45, 2.75) is 19.4 Å². The lowest BCUT2D eigenvalue weighted by atomic mass is 10.1. The summed E-state index contributed by atoms with van der Waals surface area (Å²) in [6, 6.07) is 1.21. The fourth-order valence-corrected chi connectivity index (χ4v) is 1.95. The van der Waals surface area contributed by atoms with Crippen molar-refractivity contribution in [3.05, 3.63) is 26.6 Å². The first-order valence-electron chi connectivity index (χ1n) is 4.72. The molecule has 94 valence electrons. The van der Waals surface area contributed by atoms with Crippen molar-refractivity contribution in [2.75, 3.05) is 7.11 Å². The SMILES string of the molecule is COC(=O)Cc1cc(C(F)F)nc(CN)c1I. The standard InChI is InChI=1S/C10H11F2IN2O2/c1-17-8(16)3-5-2-6(10(11)12)15-7(4-14)9(5)13/h2,10H,3-4,14H2,1H3. The van der Waals surface area contributed by atoms with E-state index in [-0.39, 0.29) is 18.7 Å². The summed E-state index contributed by atoms with van der Waals surface area (Å²) < 4.78 is 30.3. The highest BCUT2D eigenvalue weighted by molar-refractivity contribution is 14.1. The summed E-state index contributed by atoms with van der Waals surface area (Å²) in [6.07, 6.45) is -2.75. The first-order chi connectivity index (χ1) is 7.99. The lowest BCUT2D eigenvalue weighted by Gasteiger charge is -2.10. The maximum atomic E-state index is 12.6. The minimum absolute atomic E-state index is 0.0486. The summed E-state index contributed by atoms with van der Waals surface area (Å²) in [5, 5.41) is 0. The molecule has 2 N–H and O–H groups in total. The number of nitrogens with zero attached hydrogens (tertiary/aromatic N) is 1. The van der Waals surface area contributed by atoms with Gasteiger partial charge in [0.25, 0.3) is 6.43 Å². The molecule has 1 aromatic heterocycles. The average Bonchev–Trinajstić information content (AvgIpc) is 2.31. The Kier molecular flexibility index (Phi) is 5.19. The van der Waals surface area contributed by atoms with Gasteiger partial charge < -0.3 is 10.5 Å². The zero-order chi connectivity index (χ0) is 13.0. The molecule has 0 spiro atoms. The highest BCUT2D eigenvalue weighted by Crippen LogP contribution is 2.23. The number of carbonyl (C=O) groups is 1. The van der Waals surface area contributed by atoms with Crippen molar-refractivity contribution < 1.29 is 18.3 Å². The van der Waals surface area contributed by atoms with Gasteiger partial charge in [-0.2, -0.15) is 0 Å². The molecule has 0 bridgehead atoms. The van der Waals surface area contributed by atoms with Gasteiger partial charge in [0, 0.05) is 10.1 Å². The van der Waals surface area contributed by atoms with Gasteiger partial charge in [-0.1, -0.05) is 0 Å². The highest BCUT2D eigenvalue weighted by atomic mass is 127. The molecule has 17 heavy (non-hydrogen) atoms. The predicted octanol–water partition coefficient (Wildman–Crippen LogP) is 1.80. The predicted molar refractivity (Wildman–Crippen MR) is 65.5 cm³/mol. The van der Waals surface area contributed by atoms with Crippen LogP contribution in [0, 0.1) is 3.57 Å². The lowest BCUT2D eigenvalue weighted by Crippen LogP contribution is -2.12. The van der Waals surface area contributed by atoms with Crippen molar-refractivity contribution in [3.8, 4) is 0 Å². The number of carbonyl (C=O) groups excluding carboxylic acids is 1. The fourth-order valence-electron chi connectivity index (χ4n) is 1.27. The number of aromatic nitrogens is 1. The lowest BCUT2D eigenvalue weighted by molar-refractivity contribution is -0.139. The molecule has 0 fully saturated rings. The van der Waals surface area contributed by atoms with E-state index in [2.05, 4.69) is 9.72 Å². The van der Waals surface area contributed by atoms with E-state index in [1.54, 1.807) is 0 Å². The molecule has 7 heteroatoms. The van der Waals surface area contributed by atoms with Crippen molar-refractivity contribution in [1.29, 1.82) is 0 Å². The molecular formula is C10H11F2IN2O2. The Morgan fingerprint density at radius 2 is 2.29 bits per heavy atom. The van der Waals surface area contributed by atoms with Crippen LogP contribution in [0.25, 0.3) is 0 Å². The summed E-state index contributed by atoms with van der Waals surface area (Å²) in [5.74, 6) is -0.489. The van der Waals surface area contributed by atoms with E-state index < -0.39 is 12.4 Å². The van der Waals surface area contributed by atoms with Crippen LogP contribution in [0.1, 0.15) is 23.4 Å². The number of halogens is 3. The molecule has 4 nitrogen and oxygen atoms in total. The molecule has 1 heterocycles. The van der Waals surface area contributed by atoms with Gasteiger partial charge >= 0.3 is 5.97 Å². The minimum Gasteiger partial charge on any atom is -0.469 e. The third-order valence-electron chi connectivity index (χ3n) is 2.10. The van der Waals surface area contributed by atoms with Crippen LogP contribution in [0.3, 0.4) is 0 Å². The van der Waals surface area contributed by atoms with Crippen molar-refractivity contribution in [2.24, 2.45) is 5.73 Å². The van der Waals surface area contributed by atoms with Crippen LogP contribution in [-0.2, 0) is 22.5 Å². The van der Waals surface area contributed by atoms with Crippen LogP contribution in [0.2, 0.25) is 0 Å². The van der Waals surface area contributed by atoms with E-state index >= 15 is 0 Å². The number of pyridine rings is 1. The van der Waals surface area contributed by atoms with E-state index in [1.165, 1.54) is 13.2 Å². The molecule has 0 amide bonds. The van der Waals surface area contributed by atoms with E-state index in [0.717, 1.165) is 0 Å². The fraction of sp³-hybridized carbons (Fsp3) is 0.400. The number of rotatable bonds is 4. The van der Waals surface area contributed by atoms with Crippen molar-refractivity contribution >= 4 is 28.6 Å².